The minimum absolute atomic E-state index is 0.208. The molecule has 1 atom stereocenters. The molecular weight excluding hydrogens is 152 g/mol. The number of hydrogen-bond donors (Lipinski definition) is 1. The Morgan fingerprint density at radius 2 is 2.42 bits per heavy atom. The Balaban J connectivity index is 2.70. The lowest BCUT2D eigenvalue weighted by Crippen LogP contribution is -2.47. The second kappa shape index (κ2) is 3.90. The van der Waals surface area contributed by atoms with Crippen LogP contribution in [0.3, 0.4) is 0 Å². The largest absolute Gasteiger partial charge is 0.371 e. The van der Waals surface area contributed by atoms with Crippen LogP contribution >= 0.6 is 0 Å². The maximum atomic E-state index is 5.43. The first-order chi connectivity index (χ1) is 5.73. The molecule has 12 heavy (non-hydrogen) atoms. The van der Waals surface area contributed by atoms with E-state index in [1.54, 1.807) is 7.11 Å². The minimum Gasteiger partial charge on any atom is -0.371 e. The lowest BCUT2D eigenvalue weighted by atomic mass is 10.0. The van der Waals surface area contributed by atoms with Crippen molar-refractivity contribution in [3.05, 3.63) is 0 Å². The van der Waals surface area contributed by atoms with Gasteiger partial charge in [-0.15, -0.1) is 0 Å². The zero-order valence-corrected chi connectivity index (χ0v) is 8.18. The van der Waals surface area contributed by atoms with Crippen LogP contribution in [0.1, 0.15) is 26.7 Å². The van der Waals surface area contributed by atoms with Crippen molar-refractivity contribution >= 4 is 5.84 Å². The molecule has 1 rings (SSSR count). The molecule has 1 aliphatic heterocycles. The molecule has 1 heterocycles. The summed E-state index contributed by atoms with van der Waals surface area (Å²) in [7, 11) is 1.74. The number of nitrogens with zero attached hydrogens (tertiary/aromatic N) is 1. The van der Waals surface area contributed by atoms with Gasteiger partial charge in [-0.2, -0.15) is 0 Å². The molecule has 1 unspecified atom stereocenters. The van der Waals surface area contributed by atoms with Crippen LogP contribution in [-0.4, -0.2) is 31.6 Å². The average Bonchev–Trinajstić information content (AvgIpc) is 2.18. The summed E-state index contributed by atoms with van der Waals surface area (Å²) in [6.07, 6.45) is 2.09. The van der Waals surface area contributed by atoms with Gasteiger partial charge in [0.25, 0.3) is 0 Å². The van der Waals surface area contributed by atoms with Crippen LogP contribution in [0.5, 0.6) is 0 Å². The van der Waals surface area contributed by atoms with Crippen molar-refractivity contribution in [3.63, 3.8) is 0 Å². The molecule has 0 bridgehead atoms. The van der Waals surface area contributed by atoms with Crippen LogP contribution in [0.15, 0.2) is 4.99 Å². The molecule has 1 aliphatic rings. The first kappa shape index (κ1) is 9.52. The first-order valence-corrected chi connectivity index (χ1v) is 4.57. The van der Waals surface area contributed by atoms with Crippen molar-refractivity contribution in [3.8, 4) is 0 Å². The van der Waals surface area contributed by atoms with E-state index < -0.39 is 0 Å². The Morgan fingerprint density at radius 1 is 1.67 bits per heavy atom. The fraction of sp³-hybridized carbons (Fsp3) is 0.889. The van der Waals surface area contributed by atoms with Crippen molar-refractivity contribution in [2.24, 2.45) is 4.99 Å². The van der Waals surface area contributed by atoms with Crippen molar-refractivity contribution < 1.29 is 4.74 Å². The minimum atomic E-state index is -0.208. The molecule has 0 fully saturated rings. The topological polar surface area (TPSA) is 33.6 Å². The lowest BCUT2D eigenvalue weighted by Gasteiger charge is -2.31. The highest BCUT2D eigenvalue weighted by atomic mass is 16.5. The highest BCUT2D eigenvalue weighted by Crippen LogP contribution is 2.16. The Kier molecular flexibility index (Phi) is 3.09. The summed E-state index contributed by atoms with van der Waals surface area (Å²) in [6.45, 7) is 6.14. The van der Waals surface area contributed by atoms with Gasteiger partial charge in [0.2, 0.25) is 0 Å². The van der Waals surface area contributed by atoms with Gasteiger partial charge >= 0.3 is 0 Å². The predicted molar refractivity (Wildman–Crippen MR) is 50.6 cm³/mol. The van der Waals surface area contributed by atoms with Crippen LogP contribution in [0.25, 0.3) is 0 Å². The number of ether oxygens (including phenoxy) is 1. The van der Waals surface area contributed by atoms with E-state index in [-0.39, 0.29) is 5.60 Å². The fourth-order valence-electron chi connectivity index (χ4n) is 1.30. The summed E-state index contributed by atoms with van der Waals surface area (Å²) in [5, 5.41) is 3.29. The number of amidine groups is 1. The number of methoxy groups -OCH3 is 1. The molecule has 0 aliphatic carbocycles. The molecule has 0 aromatic carbocycles. The van der Waals surface area contributed by atoms with E-state index in [1.165, 1.54) is 0 Å². The predicted octanol–water partition coefficient (Wildman–Crippen LogP) is 1.19. The number of rotatable bonds is 3. The van der Waals surface area contributed by atoms with Crippen molar-refractivity contribution in [2.45, 2.75) is 32.3 Å². The Labute approximate surface area is 74.2 Å². The molecule has 0 aromatic rings. The van der Waals surface area contributed by atoms with Gasteiger partial charge in [0, 0.05) is 20.2 Å². The van der Waals surface area contributed by atoms with Gasteiger partial charge in [-0.1, -0.05) is 6.92 Å². The monoisotopic (exact) mass is 170 g/mol. The van der Waals surface area contributed by atoms with Crippen molar-refractivity contribution in [1.82, 2.24) is 5.32 Å². The molecule has 0 amide bonds. The zero-order chi connectivity index (χ0) is 9.03. The molecule has 0 saturated heterocycles. The Bertz CT molecular complexity index is 173. The average molecular weight is 170 g/mol. The summed E-state index contributed by atoms with van der Waals surface area (Å²) in [4.78, 5) is 4.42. The van der Waals surface area contributed by atoms with Crippen LogP contribution in [0.2, 0.25) is 0 Å². The van der Waals surface area contributed by atoms with E-state index in [4.69, 9.17) is 4.74 Å². The van der Waals surface area contributed by atoms with Crippen LogP contribution in [-0.2, 0) is 4.74 Å². The normalized spacial score (nSPS) is 22.4. The lowest BCUT2D eigenvalue weighted by molar-refractivity contribution is 0.0592. The van der Waals surface area contributed by atoms with Crippen LogP contribution in [0.4, 0.5) is 0 Å². The third kappa shape index (κ3) is 1.78. The van der Waals surface area contributed by atoms with E-state index in [2.05, 4.69) is 24.2 Å². The zero-order valence-electron chi connectivity index (χ0n) is 8.18. The molecule has 3 nitrogen and oxygen atoms in total. The first-order valence-electron chi connectivity index (χ1n) is 4.57. The van der Waals surface area contributed by atoms with Gasteiger partial charge < -0.3 is 10.1 Å². The summed E-state index contributed by atoms with van der Waals surface area (Å²) < 4.78 is 5.43. The van der Waals surface area contributed by atoms with Crippen LogP contribution < -0.4 is 5.32 Å². The SMILES string of the molecule is CCC(C)(OC)C1=NCCCN1. The second-order valence-electron chi connectivity index (χ2n) is 3.30. The maximum absolute atomic E-state index is 5.43. The highest BCUT2D eigenvalue weighted by Gasteiger charge is 2.28. The van der Waals surface area contributed by atoms with Gasteiger partial charge in [0.05, 0.1) is 0 Å². The van der Waals surface area contributed by atoms with E-state index in [0.29, 0.717) is 0 Å². The van der Waals surface area contributed by atoms with Crippen molar-refractivity contribution in [1.29, 1.82) is 0 Å². The molecular formula is C9H18N2O. The molecule has 70 valence electrons. The van der Waals surface area contributed by atoms with E-state index in [0.717, 1.165) is 31.8 Å². The number of nitrogens with one attached hydrogen (secondary N) is 1. The Morgan fingerprint density at radius 3 is 2.83 bits per heavy atom. The van der Waals surface area contributed by atoms with Gasteiger partial charge in [-0.25, -0.2) is 0 Å². The van der Waals surface area contributed by atoms with Gasteiger partial charge in [0.15, 0.2) is 0 Å². The summed E-state index contributed by atoms with van der Waals surface area (Å²) in [5.41, 5.74) is -0.208. The Hall–Kier alpha value is -0.570. The van der Waals surface area contributed by atoms with E-state index in [1.807, 2.05) is 0 Å². The van der Waals surface area contributed by atoms with Gasteiger partial charge in [-0.05, 0) is 19.8 Å². The highest BCUT2D eigenvalue weighted by molar-refractivity contribution is 5.90. The molecule has 1 N–H and O–H groups in total. The second-order valence-corrected chi connectivity index (χ2v) is 3.30. The summed E-state index contributed by atoms with van der Waals surface area (Å²) in [5.74, 6) is 1.01. The standard InChI is InChI=1S/C9H18N2O/c1-4-9(2,12-3)8-10-6-5-7-11-8/h4-7H2,1-3H3,(H,10,11). The summed E-state index contributed by atoms with van der Waals surface area (Å²) in [6, 6.07) is 0. The van der Waals surface area contributed by atoms with E-state index >= 15 is 0 Å². The molecule has 0 spiro atoms. The molecule has 0 radical (unpaired) electrons. The smallest absolute Gasteiger partial charge is 0.129 e. The maximum Gasteiger partial charge on any atom is 0.129 e. The number of hydrogen-bond acceptors (Lipinski definition) is 3. The third-order valence-electron chi connectivity index (χ3n) is 2.52. The molecule has 3 heteroatoms. The number of aliphatic imine (C=N–C) groups is 1. The third-order valence-corrected chi connectivity index (χ3v) is 2.52. The fourth-order valence-corrected chi connectivity index (χ4v) is 1.30. The summed E-state index contributed by atoms with van der Waals surface area (Å²) >= 11 is 0. The van der Waals surface area contributed by atoms with Crippen molar-refractivity contribution in [2.75, 3.05) is 20.2 Å². The van der Waals surface area contributed by atoms with Gasteiger partial charge in [-0.3, -0.25) is 4.99 Å². The quantitative estimate of drug-likeness (QED) is 0.690. The molecule has 0 saturated carbocycles. The van der Waals surface area contributed by atoms with Crippen LogP contribution in [0, 0.1) is 0 Å². The molecule has 0 aromatic heterocycles. The van der Waals surface area contributed by atoms with E-state index in [9.17, 15) is 0 Å². The van der Waals surface area contributed by atoms with Gasteiger partial charge in [0.1, 0.15) is 11.4 Å².